The monoisotopic (exact) mass is 503 g/mol. The molecule has 176 valence electrons. The minimum Gasteiger partial charge on any atom is -0.311 e. The molecule has 2 aromatic heterocycles. The third-order valence-corrected chi connectivity index (χ3v) is 7.39. The molecule has 2 heterocycles. The smallest absolute Gasteiger partial charge is 0.262 e. The van der Waals surface area contributed by atoms with Crippen molar-refractivity contribution < 1.29 is 9.18 Å². The van der Waals surface area contributed by atoms with E-state index in [2.05, 4.69) is 0 Å². The van der Waals surface area contributed by atoms with E-state index in [1.165, 1.54) is 28.0 Å². The molecule has 0 aliphatic rings. The molecule has 1 amide bonds. The standard InChI is InChI=1S/C27H22FN3O2S2/c1-3-29(20-11-6-8-17(2)14-20)23(32)16-30-25-24(18-9-7-10-19(28)15-18)35-27(34)31(25)22-13-5-4-12-21(22)26(30)33/h4-15H,3,16H2,1-2H3. The number of benzene rings is 3. The van der Waals surface area contributed by atoms with Gasteiger partial charge in [0.2, 0.25) is 5.91 Å². The molecule has 0 saturated heterocycles. The van der Waals surface area contributed by atoms with Crippen LogP contribution in [0.25, 0.3) is 27.0 Å². The van der Waals surface area contributed by atoms with Crippen molar-refractivity contribution in [1.82, 2.24) is 8.97 Å². The fourth-order valence-corrected chi connectivity index (χ4v) is 5.82. The van der Waals surface area contributed by atoms with Crippen molar-refractivity contribution in [3.8, 4) is 10.4 Å². The second kappa shape index (κ2) is 9.20. The zero-order valence-corrected chi connectivity index (χ0v) is 20.8. The van der Waals surface area contributed by atoms with Gasteiger partial charge in [0.1, 0.15) is 18.0 Å². The summed E-state index contributed by atoms with van der Waals surface area (Å²) in [5.74, 6) is -0.609. The summed E-state index contributed by atoms with van der Waals surface area (Å²) in [6.07, 6.45) is 0. The Balaban J connectivity index is 1.76. The molecule has 0 unspecified atom stereocenters. The number of nitrogens with zero attached hydrogens (tertiary/aromatic N) is 3. The zero-order chi connectivity index (χ0) is 24.7. The summed E-state index contributed by atoms with van der Waals surface area (Å²) in [6.45, 7) is 4.14. The van der Waals surface area contributed by atoms with Crippen LogP contribution in [0.4, 0.5) is 10.1 Å². The summed E-state index contributed by atoms with van der Waals surface area (Å²) < 4.78 is 17.9. The van der Waals surface area contributed by atoms with E-state index < -0.39 is 0 Å². The SMILES string of the molecule is CCN(C(=O)Cn1c(=O)c2ccccc2n2c(=S)sc(-c3cccc(F)c3)c12)c1cccc(C)c1. The number of hydrogen-bond acceptors (Lipinski definition) is 4. The summed E-state index contributed by atoms with van der Waals surface area (Å²) in [7, 11) is 0. The van der Waals surface area contributed by atoms with Gasteiger partial charge in [0.25, 0.3) is 5.56 Å². The Morgan fingerprint density at radius 3 is 2.57 bits per heavy atom. The highest BCUT2D eigenvalue weighted by molar-refractivity contribution is 7.73. The minimum atomic E-state index is -0.387. The molecular formula is C27H22FN3O2S2. The Morgan fingerprint density at radius 2 is 1.83 bits per heavy atom. The van der Waals surface area contributed by atoms with Gasteiger partial charge in [-0.3, -0.25) is 18.6 Å². The van der Waals surface area contributed by atoms with Crippen LogP contribution in [0.3, 0.4) is 0 Å². The van der Waals surface area contributed by atoms with Gasteiger partial charge >= 0.3 is 0 Å². The molecule has 3 aromatic carbocycles. The zero-order valence-electron chi connectivity index (χ0n) is 19.2. The van der Waals surface area contributed by atoms with E-state index in [9.17, 15) is 14.0 Å². The first-order valence-electron chi connectivity index (χ1n) is 11.2. The van der Waals surface area contributed by atoms with Crippen LogP contribution in [0.2, 0.25) is 0 Å². The highest BCUT2D eigenvalue weighted by atomic mass is 32.1. The number of likely N-dealkylation sites (N-methyl/N-ethyl adjacent to an activating group) is 1. The van der Waals surface area contributed by atoms with Gasteiger partial charge < -0.3 is 4.90 Å². The van der Waals surface area contributed by atoms with Crippen LogP contribution in [0.15, 0.2) is 77.6 Å². The van der Waals surface area contributed by atoms with Crippen LogP contribution in [0.1, 0.15) is 12.5 Å². The van der Waals surface area contributed by atoms with Gasteiger partial charge in [0.05, 0.1) is 15.8 Å². The molecule has 5 rings (SSSR count). The number of hydrogen-bond donors (Lipinski definition) is 0. The molecule has 8 heteroatoms. The Morgan fingerprint density at radius 1 is 1.06 bits per heavy atom. The number of carbonyl (C=O) groups is 1. The lowest BCUT2D eigenvalue weighted by Gasteiger charge is -2.23. The maximum Gasteiger partial charge on any atom is 0.262 e. The number of para-hydroxylation sites is 1. The minimum absolute atomic E-state index is 0.178. The molecule has 0 N–H and O–H groups in total. The van der Waals surface area contributed by atoms with Crippen molar-refractivity contribution in [3.05, 3.63) is 98.5 Å². The van der Waals surface area contributed by atoms with E-state index in [0.29, 0.717) is 37.5 Å². The Hall–Kier alpha value is -3.62. The van der Waals surface area contributed by atoms with Crippen LogP contribution in [0, 0.1) is 16.7 Å². The lowest BCUT2D eigenvalue weighted by molar-refractivity contribution is -0.119. The van der Waals surface area contributed by atoms with E-state index in [-0.39, 0.29) is 23.8 Å². The van der Waals surface area contributed by atoms with Gasteiger partial charge in [-0.15, -0.1) is 11.3 Å². The lowest BCUT2D eigenvalue weighted by atomic mass is 10.1. The molecule has 0 radical (unpaired) electrons. The molecule has 0 atom stereocenters. The molecule has 0 aliphatic heterocycles. The largest absolute Gasteiger partial charge is 0.311 e. The number of anilines is 1. The number of rotatable bonds is 5. The fourth-order valence-electron chi connectivity index (χ4n) is 4.40. The number of thiazole rings is 1. The van der Waals surface area contributed by atoms with Crippen LogP contribution in [-0.4, -0.2) is 21.4 Å². The summed E-state index contributed by atoms with van der Waals surface area (Å²) in [5, 5.41) is 0.464. The van der Waals surface area contributed by atoms with Crippen LogP contribution in [0.5, 0.6) is 0 Å². The first-order valence-corrected chi connectivity index (χ1v) is 12.4. The van der Waals surface area contributed by atoms with E-state index in [1.54, 1.807) is 29.2 Å². The quantitative estimate of drug-likeness (QED) is 0.268. The molecule has 5 nitrogen and oxygen atoms in total. The highest BCUT2D eigenvalue weighted by Gasteiger charge is 2.22. The number of halogens is 1. The molecule has 35 heavy (non-hydrogen) atoms. The third kappa shape index (κ3) is 4.09. The van der Waals surface area contributed by atoms with Gasteiger partial charge in [0, 0.05) is 12.2 Å². The van der Waals surface area contributed by atoms with Gasteiger partial charge in [-0.2, -0.15) is 0 Å². The van der Waals surface area contributed by atoms with Gasteiger partial charge in [-0.1, -0.05) is 36.4 Å². The normalized spacial score (nSPS) is 11.3. The third-order valence-electron chi connectivity index (χ3n) is 5.97. The van der Waals surface area contributed by atoms with E-state index >= 15 is 0 Å². The summed E-state index contributed by atoms with van der Waals surface area (Å²) in [5.41, 5.74) is 3.27. The first-order chi connectivity index (χ1) is 16.9. The Labute approximate surface area is 210 Å². The molecule has 0 bridgehead atoms. The van der Waals surface area contributed by atoms with Crippen molar-refractivity contribution in [2.45, 2.75) is 20.4 Å². The molecule has 0 saturated carbocycles. The predicted molar refractivity (Wildman–Crippen MR) is 142 cm³/mol. The molecule has 0 spiro atoms. The topological polar surface area (TPSA) is 46.7 Å². The van der Waals surface area contributed by atoms with Gasteiger partial charge in [-0.25, -0.2) is 4.39 Å². The Bertz CT molecular complexity index is 1720. The van der Waals surface area contributed by atoms with Gasteiger partial charge in [-0.05, 0) is 73.6 Å². The Kier molecular flexibility index (Phi) is 6.08. The molecule has 0 aliphatic carbocycles. The van der Waals surface area contributed by atoms with Crippen LogP contribution in [-0.2, 0) is 11.3 Å². The number of fused-ring (bicyclic) bond motifs is 3. The van der Waals surface area contributed by atoms with Crippen molar-refractivity contribution in [1.29, 1.82) is 0 Å². The average Bonchev–Trinajstić information content (AvgIpc) is 3.19. The lowest BCUT2D eigenvalue weighted by Crippen LogP contribution is -2.37. The van der Waals surface area contributed by atoms with E-state index in [0.717, 1.165) is 11.3 Å². The van der Waals surface area contributed by atoms with Crippen molar-refractivity contribution in [2.75, 3.05) is 11.4 Å². The first kappa shape index (κ1) is 23.1. The predicted octanol–water partition coefficient (Wildman–Crippen LogP) is 6.21. The van der Waals surface area contributed by atoms with Crippen molar-refractivity contribution >= 4 is 51.7 Å². The van der Waals surface area contributed by atoms with Crippen molar-refractivity contribution in [3.63, 3.8) is 0 Å². The summed E-state index contributed by atoms with van der Waals surface area (Å²) >= 11 is 6.99. The van der Waals surface area contributed by atoms with E-state index in [4.69, 9.17) is 12.2 Å². The van der Waals surface area contributed by atoms with Gasteiger partial charge in [0.15, 0.2) is 3.95 Å². The molecule has 5 aromatic rings. The number of aromatic nitrogens is 2. The number of aryl methyl sites for hydroxylation is 1. The average molecular weight is 504 g/mol. The second-order valence-corrected chi connectivity index (χ2v) is 9.90. The highest BCUT2D eigenvalue weighted by Crippen LogP contribution is 2.33. The summed E-state index contributed by atoms with van der Waals surface area (Å²) in [4.78, 5) is 29.6. The van der Waals surface area contributed by atoms with Crippen molar-refractivity contribution in [2.24, 2.45) is 0 Å². The number of carbonyl (C=O) groups excluding carboxylic acids is 1. The second-order valence-electron chi connectivity index (χ2n) is 8.25. The molecule has 0 fully saturated rings. The fraction of sp³-hybridized carbons (Fsp3) is 0.148. The van der Waals surface area contributed by atoms with Crippen LogP contribution < -0.4 is 10.5 Å². The maximum atomic E-state index is 14.1. The van der Waals surface area contributed by atoms with E-state index in [1.807, 2.05) is 54.6 Å². The molecular weight excluding hydrogens is 481 g/mol. The maximum absolute atomic E-state index is 14.1. The van der Waals surface area contributed by atoms with Crippen LogP contribution >= 0.6 is 23.6 Å². The summed E-state index contributed by atoms with van der Waals surface area (Å²) in [6, 6.07) is 21.1. The number of amides is 1.